The van der Waals surface area contributed by atoms with Crippen molar-refractivity contribution in [3.63, 3.8) is 0 Å². The molecule has 1 heterocycles. The fourth-order valence-corrected chi connectivity index (χ4v) is 1.08. The van der Waals surface area contributed by atoms with Gasteiger partial charge in [0.05, 0.1) is 25.2 Å². The molecule has 120 valence electrons. The summed E-state index contributed by atoms with van der Waals surface area (Å²) in [6, 6.07) is -1.80. The van der Waals surface area contributed by atoms with Crippen molar-refractivity contribution in [3.05, 3.63) is 18.2 Å². The molecule has 0 aliphatic carbocycles. The summed E-state index contributed by atoms with van der Waals surface area (Å²) in [7, 11) is 0. The predicted octanol–water partition coefficient (Wildman–Crippen LogP) is -2.26. The lowest BCUT2D eigenvalue weighted by Gasteiger charge is -2.05. The number of carboxylic acids is 2. The Hall–Kier alpha value is -2.01. The SMILES string of the molecule is NCCOC[C@H](N)C(=O)O.N[C@@H](Cc1c[nH]cn1)C(=O)O. The molecule has 0 aliphatic rings. The van der Waals surface area contributed by atoms with Crippen LogP contribution in [0.2, 0.25) is 0 Å². The Balaban J connectivity index is 0.000000384. The lowest BCUT2D eigenvalue weighted by Crippen LogP contribution is -2.35. The first kappa shape index (κ1) is 19.0. The highest BCUT2D eigenvalue weighted by molar-refractivity contribution is 5.73. The van der Waals surface area contributed by atoms with E-state index in [-0.39, 0.29) is 13.0 Å². The van der Waals surface area contributed by atoms with Gasteiger partial charge in [-0.15, -0.1) is 0 Å². The van der Waals surface area contributed by atoms with Gasteiger partial charge in [-0.05, 0) is 0 Å². The molecule has 21 heavy (non-hydrogen) atoms. The molecule has 1 aromatic rings. The summed E-state index contributed by atoms with van der Waals surface area (Å²) in [6.07, 6.45) is 3.38. The van der Waals surface area contributed by atoms with Crippen molar-refractivity contribution < 1.29 is 24.5 Å². The van der Waals surface area contributed by atoms with Crippen LogP contribution in [0, 0.1) is 0 Å². The van der Waals surface area contributed by atoms with Crippen molar-refractivity contribution in [3.8, 4) is 0 Å². The van der Waals surface area contributed by atoms with Gasteiger partial charge in [0, 0.05) is 19.2 Å². The first-order valence-electron chi connectivity index (χ1n) is 6.10. The molecular formula is C11H21N5O5. The predicted molar refractivity (Wildman–Crippen MR) is 73.4 cm³/mol. The van der Waals surface area contributed by atoms with Crippen LogP contribution in [0.1, 0.15) is 5.69 Å². The number of carbonyl (C=O) groups is 2. The largest absolute Gasteiger partial charge is 0.480 e. The van der Waals surface area contributed by atoms with Gasteiger partial charge in [-0.25, -0.2) is 4.98 Å². The van der Waals surface area contributed by atoms with Gasteiger partial charge in [-0.1, -0.05) is 0 Å². The second-order valence-electron chi connectivity index (χ2n) is 4.02. The summed E-state index contributed by atoms with van der Waals surface area (Å²) in [5.74, 6) is -2.06. The molecule has 0 bridgehead atoms. The first-order valence-corrected chi connectivity index (χ1v) is 6.10. The zero-order chi connectivity index (χ0) is 16.3. The average molecular weight is 303 g/mol. The van der Waals surface area contributed by atoms with Crippen molar-refractivity contribution in [1.82, 2.24) is 9.97 Å². The van der Waals surface area contributed by atoms with E-state index in [0.29, 0.717) is 18.8 Å². The third-order valence-corrected chi connectivity index (χ3v) is 2.18. The molecule has 9 N–H and O–H groups in total. The van der Waals surface area contributed by atoms with E-state index in [2.05, 4.69) is 9.97 Å². The molecule has 2 atom stereocenters. The minimum Gasteiger partial charge on any atom is -0.480 e. The number of rotatable bonds is 8. The van der Waals surface area contributed by atoms with E-state index in [1.807, 2.05) is 0 Å². The molecule has 0 saturated heterocycles. The molecule has 0 spiro atoms. The number of hydrogen-bond acceptors (Lipinski definition) is 7. The molecule has 0 radical (unpaired) electrons. The van der Waals surface area contributed by atoms with Crippen LogP contribution in [0.4, 0.5) is 0 Å². The number of hydrogen-bond donors (Lipinski definition) is 6. The molecule has 1 rings (SSSR count). The number of nitrogens with zero attached hydrogens (tertiary/aromatic N) is 1. The lowest BCUT2D eigenvalue weighted by atomic mass is 10.2. The molecule has 1 aromatic heterocycles. The Labute approximate surface area is 121 Å². The minimum atomic E-state index is -1.06. The Kier molecular flexibility index (Phi) is 9.71. The third kappa shape index (κ3) is 9.51. The van der Waals surface area contributed by atoms with Gasteiger partial charge < -0.3 is 37.1 Å². The fourth-order valence-electron chi connectivity index (χ4n) is 1.08. The Morgan fingerprint density at radius 3 is 2.33 bits per heavy atom. The molecular weight excluding hydrogens is 282 g/mol. The van der Waals surface area contributed by atoms with E-state index < -0.39 is 24.0 Å². The van der Waals surface area contributed by atoms with Crippen molar-refractivity contribution in [1.29, 1.82) is 0 Å². The highest BCUT2D eigenvalue weighted by atomic mass is 16.5. The topological polar surface area (TPSA) is 191 Å². The molecule has 10 nitrogen and oxygen atoms in total. The number of aromatic amines is 1. The molecule has 0 fully saturated rings. The van der Waals surface area contributed by atoms with E-state index >= 15 is 0 Å². The number of nitrogens with two attached hydrogens (primary N) is 3. The van der Waals surface area contributed by atoms with Gasteiger partial charge in [0.15, 0.2) is 0 Å². The van der Waals surface area contributed by atoms with Gasteiger partial charge in [0.2, 0.25) is 0 Å². The maximum Gasteiger partial charge on any atom is 0.322 e. The zero-order valence-corrected chi connectivity index (χ0v) is 11.4. The van der Waals surface area contributed by atoms with Gasteiger partial charge in [-0.3, -0.25) is 9.59 Å². The molecule has 0 aromatic carbocycles. The highest BCUT2D eigenvalue weighted by Crippen LogP contribution is 1.95. The number of nitrogens with one attached hydrogen (secondary N) is 1. The smallest absolute Gasteiger partial charge is 0.322 e. The molecule has 0 unspecified atom stereocenters. The maximum absolute atomic E-state index is 10.3. The second kappa shape index (κ2) is 10.7. The van der Waals surface area contributed by atoms with E-state index in [1.54, 1.807) is 6.20 Å². The van der Waals surface area contributed by atoms with Crippen molar-refractivity contribution in [2.75, 3.05) is 19.8 Å². The third-order valence-electron chi connectivity index (χ3n) is 2.18. The quantitative estimate of drug-likeness (QED) is 0.287. The molecule has 10 heteroatoms. The number of aromatic nitrogens is 2. The van der Waals surface area contributed by atoms with Gasteiger partial charge in [-0.2, -0.15) is 0 Å². The Morgan fingerprint density at radius 1 is 1.29 bits per heavy atom. The molecule has 0 aliphatic heterocycles. The first-order chi connectivity index (χ1) is 9.88. The van der Waals surface area contributed by atoms with E-state index in [4.69, 9.17) is 32.2 Å². The van der Waals surface area contributed by atoms with Crippen LogP contribution in [0.25, 0.3) is 0 Å². The van der Waals surface area contributed by atoms with E-state index in [9.17, 15) is 9.59 Å². The number of H-pyrrole nitrogens is 1. The summed E-state index contributed by atoms with van der Waals surface area (Å²) in [5, 5.41) is 16.7. The number of imidazole rings is 1. The van der Waals surface area contributed by atoms with Crippen LogP contribution < -0.4 is 17.2 Å². The Bertz CT molecular complexity index is 411. The summed E-state index contributed by atoms with van der Waals surface area (Å²) in [4.78, 5) is 26.9. The van der Waals surface area contributed by atoms with E-state index in [1.165, 1.54) is 6.33 Å². The monoisotopic (exact) mass is 303 g/mol. The summed E-state index contributed by atoms with van der Waals surface area (Å²) >= 11 is 0. The van der Waals surface area contributed by atoms with Gasteiger partial charge in [0.25, 0.3) is 0 Å². The minimum absolute atomic E-state index is 0.0204. The normalized spacial score (nSPS) is 12.9. The lowest BCUT2D eigenvalue weighted by molar-refractivity contribution is -0.140. The van der Waals surface area contributed by atoms with Crippen molar-refractivity contribution in [2.45, 2.75) is 18.5 Å². The molecule has 0 saturated carbocycles. The standard InChI is InChI=1S/C6H9N3O2.C5H12N2O3/c7-5(6(10)11)1-4-2-8-3-9-4;6-1-2-10-3-4(7)5(8)9/h2-3,5H,1,7H2,(H,8,9)(H,10,11);4H,1-3,6-7H2,(H,8,9)/t5-;4-/m00/s1. The van der Waals surface area contributed by atoms with Crippen molar-refractivity contribution in [2.24, 2.45) is 17.2 Å². The van der Waals surface area contributed by atoms with E-state index in [0.717, 1.165) is 0 Å². The Morgan fingerprint density at radius 2 is 1.90 bits per heavy atom. The van der Waals surface area contributed by atoms with Gasteiger partial charge >= 0.3 is 11.9 Å². The fraction of sp³-hybridized carbons (Fsp3) is 0.545. The van der Waals surface area contributed by atoms with Crippen LogP contribution in [-0.2, 0) is 20.7 Å². The van der Waals surface area contributed by atoms with Crippen LogP contribution in [0.3, 0.4) is 0 Å². The second-order valence-corrected chi connectivity index (χ2v) is 4.02. The van der Waals surface area contributed by atoms with Gasteiger partial charge in [0.1, 0.15) is 12.1 Å². The summed E-state index contributed by atoms with van der Waals surface area (Å²) in [6.45, 7) is 0.750. The highest BCUT2D eigenvalue weighted by Gasteiger charge is 2.12. The summed E-state index contributed by atoms with van der Waals surface area (Å²) in [5.41, 5.74) is 16.1. The average Bonchev–Trinajstić information content (AvgIpc) is 2.92. The molecule has 0 amide bonds. The zero-order valence-electron chi connectivity index (χ0n) is 11.4. The summed E-state index contributed by atoms with van der Waals surface area (Å²) < 4.78 is 4.78. The number of aliphatic carboxylic acids is 2. The van der Waals surface area contributed by atoms with Crippen LogP contribution >= 0.6 is 0 Å². The van der Waals surface area contributed by atoms with Crippen molar-refractivity contribution >= 4 is 11.9 Å². The number of ether oxygens (including phenoxy) is 1. The van der Waals surface area contributed by atoms with Crippen LogP contribution in [0.5, 0.6) is 0 Å². The van der Waals surface area contributed by atoms with Crippen LogP contribution in [0.15, 0.2) is 12.5 Å². The maximum atomic E-state index is 10.3. The van der Waals surface area contributed by atoms with Crippen LogP contribution in [-0.4, -0.2) is 64.0 Å². The number of carboxylic acid groups (broad SMARTS) is 2.